The molecular weight excluding hydrogens is 627 g/mol. The summed E-state index contributed by atoms with van der Waals surface area (Å²) in [4.78, 5) is 13.5. The van der Waals surface area contributed by atoms with E-state index in [-0.39, 0.29) is 6.42 Å². The van der Waals surface area contributed by atoms with Crippen LogP contribution in [0.25, 0.3) is 0 Å². The number of rotatable bonds is 18. The molecule has 2 atom stereocenters. The first-order chi connectivity index (χ1) is 20.4. The quantitative estimate of drug-likeness (QED) is 0.104. The molecule has 0 saturated heterocycles. The summed E-state index contributed by atoms with van der Waals surface area (Å²) in [6, 6.07) is 28.1. The average Bonchev–Trinajstić information content (AvgIpc) is 3.04. The van der Waals surface area contributed by atoms with Crippen molar-refractivity contribution in [1.29, 1.82) is 0 Å². The molecule has 0 spiro atoms. The summed E-state index contributed by atoms with van der Waals surface area (Å²) in [6.07, 6.45) is 7.09. The van der Waals surface area contributed by atoms with E-state index >= 15 is 0 Å². The molecule has 0 radical (unpaired) electrons. The first-order valence-corrected chi connectivity index (χ1v) is 23.5. The van der Waals surface area contributed by atoms with Gasteiger partial charge >= 0.3 is 259 Å². The van der Waals surface area contributed by atoms with Gasteiger partial charge in [-0.3, -0.25) is 0 Å². The molecule has 3 aromatic carbocycles. The molecular formula is C37H50O4Sn. The average molecular weight is 678 g/mol. The van der Waals surface area contributed by atoms with Crippen LogP contribution in [0.15, 0.2) is 101 Å². The van der Waals surface area contributed by atoms with Gasteiger partial charge < -0.3 is 0 Å². The number of unbranched alkanes of at least 4 members (excludes halogenated alkanes) is 3. The van der Waals surface area contributed by atoms with Crippen LogP contribution in [0.3, 0.4) is 0 Å². The number of esters is 1. The zero-order chi connectivity index (χ0) is 30.3. The van der Waals surface area contributed by atoms with Crippen LogP contribution in [-0.4, -0.2) is 40.7 Å². The van der Waals surface area contributed by atoms with Gasteiger partial charge in [0.15, 0.2) is 0 Å². The van der Waals surface area contributed by atoms with Gasteiger partial charge in [0.05, 0.1) is 0 Å². The topological polar surface area (TPSA) is 66.8 Å². The van der Waals surface area contributed by atoms with Gasteiger partial charge in [-0.2, -0.15) is 0 Å². The second-order valence-corrected chi connectivity index (χ2v) is 24.6. The van der Waals surface area contributed by atoms with Gasteiger partial charge in [-0.15, -0.1) is 0 Å². The summed E-state index contributed by atoms with van der Waals surface area (Å²) in [5.74, 6) is -0.539. The summed E-state index contributed by atoms with van der Waals surface area (Å²) < 4.78 is 12.4. The number of benzene rings is 3. The molecule has 0 saturated carbocycles. The molecule has 226 valence electrons. The molecule has 0 bridgehead atoms. The fourth-order valence-corrected chi connectivity index (χ4v) is 20.2. The molecule has 3 aromatic rings. The minimum atomic E-state index is -2.60. The van der Waals surface area contributed by atoms with Crippen molar-refractivity contribution in [2.75, 3.05) is 0 Å². The number of ether oxygens (including phenoxy) is 1. The van der Waals surface area contributed by atoms with E-state index in [2.05, 4.69) is 24.9 Å². The van der Waals surface area contributed by atoms with Crippen LogP contribution in [-0.2, 0) is 15.1 Å². The standard InChI is InChI=1S/C25H23O4.3C4H9.Sn/c1-2-22(26)18-23(27)29-24(19-12-6-3-7-13-19)25(28,20-14-8-4-9-15-20)21-16-10-5-11-17-21;3*1-3-4-2;/h1-17,22,24,26,28H,18H2;3*1,3-4H2,2H3;/t22-,24+;;;;/m1..../s1. The van der Waals surface area contributed by atoms with Crippen LogP contribution in [0.2, 0.25) is 13.3 Å². The molecule has 2 N–H and O–H groups in total. The number of hydrogen-bond acceptors (Lipinski definition) is 4. The Hall–Kier alpha value is -2.41. The third-order valence-electron chi connectivity index (χ3n) is 8.29. The molecule has 0 aromatic heterocycles. The van der Waals surface area contributed by atoms with E-state index in [1.54, 1.807) is 0 Å². The van der Waals surface area contributed by atoms with Crippen molar-refractivity contribution in [1.82, 2.24) is 0 Å². The SMILES string of the molecule is CCC[CH2][Sn](/[CH]=C/[C@@H](O)CC(=O)O[C@@H](c1ccccc1)C(O)(c1ccccc1)c1ccccc1)([CH2]CCC)[CH2]CCC. The summed E-state index contributed by atoms with van der Waals surface area (Å²) in [5, 5.41) is 23.5. The molecule has 3 rings (SSSR count). The Morgan fingerprint density at radius 2 is 1.19 bits per heavy atom. The van der Waals surface area contributed by atoms with Crippen LogP contribution < -0.4 is 0 Å². The third-order valence-corrected chi connectivity index (χ3v) is 22.4. The first-order valence-electron chi connectivity index (χ1n) is 15.8. The number of carbonyl (C=O) groups is 1. The van der Waals surface area contributed by atoms with Crippen molar-refractivity contribution in [3.05, 3.63) is 118 Å². The molecule has 0 aliphatic carbocycles. The number of carbonyl (C=O) groups excluding carboxylic acids is 1. The zero-order valence-corrected chi connectivity index (χ0v) is 28.6. The third kappa shape index (κ3) is 9.55. The van der Waals surface area contributed by atoms with E-state index < -0.39 is 42.2 Å². The summed E-state index contributed by atoms with van der Waals surface area (Å²) in [5.41, 5.74) is 0.298. The molecule has 0 heterocycles. The minimum absolute atomic E-state index is 0.156. The Morgan fingerprint density at radius 3 is 1.62 bits per heavy atom. The van der Waals surface area contributed by atoms with Gasteiger partial charge in [0.2, 0.25) is 0 Å². The molecule has 4 nitrogen and oxygen atoms in total. The Labute approximate surface area is 257 Å². The van der Waals surface area contributed by atoms with E-state index in [1.807, 2.05) is 97.1 Å². The van der Waals surface area contributed by atoms with Crippen molar-refractivity contribution in [3.63, 3.8) is 0 Å². The molecule has 0 amide bonds. The zero-order valence-electron chi connectivity index (χ0n) is 25.8. The summed E-state index contributed by atoms with van der Waals surface area (Å²) in [7, 11) is 0. The Bertz CT molecular complexity index is 1130. The van der Waals surface area contributed by atoms with E-state index in [4.69, 9.17) is 4.74 Å². The van der Waals surface area contributed by atoms with Crippen molar-refractivity contribution in [2.24, 2.45) is 0 Å². The predicted molar refractivity (Wildman–Crippen MR) is 176 cm³/mol. The second kappa shape index (κ2) is 17.6. The molecule has 0 fully saturated rings. The van der Waals surface area contributed by atoms with Crippen LogP contribution in [0.1, 0.15) is 88.5 Å². The van der Waals surface area contributed by atoms with Crippen LogP contribution in [0.5, 0.6) is 0 Å². The van der Waals surface area contributed by atoms with E-state index in [9.17, 15) is 15.0 Å². The van der Waals surface area contributed by atoms with Crippen molar-refractivity contribution in [2.45, 2.75) is 96.8 Å². The monoisotopic (exact) mass is 678 g/mol. The van der Waals surface area contributed by atoms with Crippen molar-refractivity contribution in [3.8, 4) is 0 Å². The van der Waals surface area contributed by atoms with E-state index in [0.717, 1.165) is 0 Å². The van der Waals surface area contributed by atoms with E-state index in [0.29, 0.717) is 16.7 Å². The fourth-order valence-electron chi connectivity index (χ4n) is 5.82. The van der Waals surface area contributed by atoms with Gasteiger partial charge in [-0.25, -0.2) is 0 Å². The Balaban J connectivity index is 1.89. The molecule has 0 aliphatic rings. The Morgan fingerprint density at radius 1 is 0.762 bits per heavy atom. The van der Waals surface area contributed by atoms with Gasteiger partial charge in [0.25, 0.3) is 0 Å². The predicted octanol–water partition coefficient (Wildman–Crippen LogP) is 8.90. The van der Waals surface area contributed by atoms with Gasteiger partial charge in [0.1, 0.15) is 0 Å². The second-order valence-electron chi connectivity index (χ2n) is 11.6. The molecule has 0 unspecified atom stereocenters. The molecule has 5 heteroatoms. The first kappa shape index (κ1) is 34.1. The molecule has 0 aliphatic heterocycles. The summed E-state index contributed by atoms with van der Waals surface area (Å²) >= 11 is -2.60. The number of hydrogen-bond donors (Lipinski definition) is 2. The maximum absolute atomic E-state index is 13.5. The van der Waals surface area contributed by atoms with Gasteiger partial charge in [0, 0.05) is 0 Å². The summed E-state index contributed by atoms with van der Waals surface area (Å²) in [6.45, 7) is 6.75. The van der Waals surface area contributed by atoms with Crippen molar-refractivity contribution >= 4 is 24.3 Å². The Kier molecular flexibility index (Phi) is 14.3. The fraction of sp³-hybridized carbons (Fsp3) is 0.432. The van der Waals surface area contributed by atoms with Crippen molar-refractivity contribution < 1.29 is 19.7 Å². The molecule has 42 heavy (non-hydrogen) atoms. The number of aliphatic hydroxyl groups is 2. The normalized spacial score (nSPS) is 13.6. The number of aliphatic hydroxyl groups excluding tert-OH is 1. The van der Waals surface area contributed by atoms with Crippen LogP contribution >= 0.6 is 0 Å². The van der Waals surface area contributed by atoms with Gasteiger partial charge in [-0.1, -0.05) is 0 Å². The van der Waals surface area contributed by atoms with Crippen LogP contribution in [0.4, 0.5) is 0 Å². The maximum atomic E-state index is 13.5. The van der Waals surface area contributed by atoms with Gasteiger partial charge in [-0.05, 0) is 0 Å². The van der Waals surface area contributed by atoms with Crippen LogP contribution in [0, 0.1) is 0 Å². The van der Waals surface area contributed by atoms with E-state index in [1.165, 1.54) is 51.8 Å².